The minimum atomic E-state index is -0.762. The number of hydrogen-bond donors (Lipinski definition) is 3. The Labute approximate surface area is 111 Å². The molecule has 4 N–H and O–H groups in total. The van der Waals surface area contributed by atoms with Gasteiger partial charge in [0.2, 0.25) is 5.91 Å². The number of nitrogens with one attached hydrogen (secondary N) is 2. The molecule has 1 rings (SSSR count). The van der Waals surface area contributed by atoms with Crippen LogP contribution in [0.2, 0.25) is 0 Å². The van der Waals surface area contributed by atoms with Gasteiger partial charge in [0, 0.05) is 17.8 Å². The van der Waals surface area contributed by atoms with E-state index in [1.807, 2.05) is 0 Å². The van der Waals surface area contributed by atoms with Crippen LogP contribution in [0.3, 0.4) is 0 Å². The second-order valence-corrected chi connectivity index (χ2v) is 3.70. The van der Waals surface area contributed by atoms with Gasteiger partial charge in [-0.25, -0.2) is 4.79 Å². The van der Waals surface area contributed by atoms with Gasteiger partial charge < -0.3 is 15.8 Å². The quantitative estimate of drug-likeness (QED) is 0.709. The van der Waals surface area contributed by atoms with E-state index in [2.05, 4.69) is 21.3 Å². The third-order valence-electron chi connectivity index (χ3n) is 2.24. The first-order valence-corrected chi connectivity index (χ1v) is 5.51. The normalized spacial score (nSPS) is 11.0. The van der Waals surface area contributed by atoms with Crippen LogP contribution >= 0.6 is 0 Å². The van der Waals surface area contributed by atoms with Gasteiger partial charge >= 0.3 is 6.09 Å². The lowest BCUT2D eigenvalue weighted by molar-refractivity contribution is -0.117. The number of benzene rings is 1. The van der Waals surface area contributed by atoms with Crippen LogP contribution in [0.15, 0.2) is 24.3 Å². The van der Waals surface area contributed by atoms with Crippen LogP contribution < -0.4 is 16.4 Å². The number of nitrogens with two attached hydrogens (primary N) is 1. The zero-order valence-electron chi connectivity index (χ0n) is 10.5. The van der Waals surface area contributed by atoms with Crippen molar-refractivity contribution in [3.05, 3.63) is 24.3 Å². The molecule has 0 fully saturated rings. The van der Waals surface area contributed by atoms with E-state index < -0.39 is 12.1 Å². The van der Waals surface area contributed by atoms with Crippen molar-refractivity contribution >= 4 is 23.4 Å². The highest BCUT2D eigenvalue weighted by atomic mass is 16.5. The number of carbonyl (C=O) groups is 2. The van der Waals surface area contributed by atoms with Crippen molar-refractivity contribution in [1.82, 2.24) is 0 Å². The van der Waals surface area contributed by atoms with Gasteiger partial charge in [-0.3, -0.25) is 10.1 Å². The number of anilines is 2. The average Bonchev–Trinajstić information content (AvgIpc) is 2.39. The van der Waals surface area contributed by atoms with Crippen molar-refractivity contribution in [3.8, 4) is 12.3 Å². The van der Waals surface area contributed by atoms with E-state index in [1.165, 1.54) is 7.11 Å². The minimum Gasteiger partial charge on any atom is -0.453 e. The molecule has 1 atom stereocenters. The molecule has 0 spiro atoms. The molecule has 0 heterocycles. The summed E-state index contributed by atoms with van der Waals surface area (Å²) in [6.07, 6.45) is 4.65. The molecule has 6 nitrogen and oxygen atoms in total. The lowest BCUT2D eigenvalue weighted by Crippen LogP contribution is -2.35. The molecular weight excluding hydrogens is 246 g/mol. The van der Waals surface area contributed by atoms with Crippen LogP contribution in [0.25, 0.3) is 0 Å². The average molecular weight is 261 g/mol. The highest BCUT2D eigenvalue weighted by Crippen LogP contribution is 2.15. The van der Waals surface area contributed by atoms with Crippen molar-refractivity contribution < 1.29 is 14.3 Å². The molecule has 6 heteroatoms. The Kier molecular flexibility index (Phi) is 5.38. The number of ether oxygens (including phenoxy) is 1. The maximum atomic E-state index is 11.6. The topological polar surface area (TPSA) is 93.5 Å². The van der Waals surface area contributed by atoms with Crippen LogP contribution in [-0.2, 0) is 9.53 Å². The number of terminal acetylenes is 1. The number of hydrogen-bond acceptors (Lipinski definition) is 4. The molecule has 0 saturated heterocycles. The monoisotopic (exact) mass is 261 g/mol. The molecule has 1 aromatic rings. The van der Waals surface area contributed by atoms with Crippen LogP contribution in [0.1, 0.15) is 6.42 Å². The molecule has 19 heavy (non-hydrogen) atoms. The van der Waals surface area contributed by atoms with Crippen molar-refractivity contribution in [3.63, 3.8) is 0 Å². The van der Waals surface area contributed by atoms with Crippen molar-refractivity contribution in [2.24, 2.45) is 5.73 Å². The third-order valence-corrected chi connectivity index (χ3v) is 2.24. The number of rotatable bonds is 4. The summed E-state index contributed by atoms with van der Waals surface area (Å²) in [7, 11) is 1.26. The van der Waals surface area contributed by atoms with Gasteiger partial charge in [-0.2, -0.15) is 0 Å². The number of carbonyl (C=O) groups excluding carboxylic acids is 2. The van der Waals surface area contributed by atoms with Crippen LogP contribution in [0, 0.1) is 12.3 Å². The highest BCUT2D eigenvalue weighted by Gasteiger charge is 2.12. The van der Waals surface area contributed by atoms with E-state index in [4.69, 9.17) is 12.2 Å². The summed E-state index contributed by atoms with van der Waals surface area (Å²) in [5.41, 5.74) is 6.57. The molecule has 1 aromatic carbocycles. The molecule has 0 aliphatic rings. The minimum absolute atomic E-state index is 0.159. The van der Waals surface area contributed by atoms with Crippen LogP contribution in [-0.4, -0.2) is 25.2 Å². The Morgan fingerprint density at radius 1 is 1.42 bits per heavy atom. The van der Waals surface area contributed by atoms with Crippen molar-refractivity contribution in [1.29, 1.82) is 0 Å². The molecular formula is C13H15N3O3. The molecule has 0 bridgehead atoms. The maximum Gasteiger partial charge on any atom is 0.411 e. The van der Waals surface area contributed by atoms with Gasteiger partial charge in [-0.15, -0.1) is 12.3 Å². The predicted molar refractivity (Wildman–Crippen MR) is 72.5 cm³/mol. The summed E-state index contributed by atoms with van der Waals surface area (Å²) in [6.45, 7) is 0. The summed E-state index contributed by atoms with van der Waals surface area (Å²) < 4.78 is 4.47. The standard InChI is InChI=1S/C13H15N3O3/c1-3-5-11(14)12(17)15-9-6-4-7-10(8-9)16-13(18)19-2/h1,4,6-8,11H,5,14H2,2H3,(H,15,17)(H,16,18). The highest BCUT2D eigenvalue weighted by molar-refractivity contribution is 5.95. The maximum absolute atomic E-state index is 11.6. The van der Waals surface area contributed by atoms with Crippen molar-refractivity contribution in [2.45, 2.75) is 12.5 Å². The zero-order valence-corrected chi connectivity index (χ0v) is 10.5. The first-order chi connectivity index (χ1) is 9.06. The number of amides is 2. The predicted octanol–water partition coefficient (Wildman–Crippen LogP) is 1.15. The fourth-order valence-electron chi connectivity index (χ4n) is 1.30. The van der Waals surface area contributed by atoms with E-state index in [-0.39, 0.29) is 12.3 Å². The summed E-state index contributed by atoms with van der Waals surface area (Å²) >= 11 is 0. The lowest BCUT2D eigenvalue weighted by atomic mass is 10.2. The largest absolute Gasteiger partial charge is 0.453 e. The Hall–Kier alpha value is -2.52. The van der Waals surface area contributed by atoms with Crippen LogP contribution in [0.4, 0.5) is 16.2 Å². The summed E-state index contributed by atoms with van der Waals surface area (Å²) in [4.78, 5) is 22.7. The second kappa shape index (κ2) is 7.03. The van der Waals surface area contributed by atoms with Gasteiger partial charge in [-0.05, 0) is 18.2 Å². The second-order valence-electron chi connectivity index (χ2n) is 3.70. The molecule has 100 valence electrons. The van der Waals surface area contributed by atoms with E-state index in [0.29, 0.717) is 11.4 Å². The molecule has 1 unspecified atom stereocenters. The number of methoxy groups -OCH3 is 1. The Morgan fingerprint density at radius 3 is 2.63 bits per heavy atom. The van der Waals surface area contributed by atoms with E-state index in [0.717, 1.165) is 0 Å². The molecule has 0 radical (unpaired) electrons. The van der Waals surface area contributed by atoms with E-state index in [1.54, 1.807) is 24.3 Å². The Morgan fingerprint density at radius 2 is 2.05 bits per heavy atom. The lowest BCUT2D eigenvalue weighted by Gasteiger charge is -2.11. The molecule has 0 aliphatic carbocycles. The summed E-state index contributed by atoms with van der Waals surface area (Å²) in [5.74, 6) is 1.94. The zero-order chi connectivity index (χ0) is 14.3. The third kappa shape index (κ3) is 4.69. The Balaban J connectivity index is 2.69. The molecule has 0 saturated carbocycles. The van der Waals surface area contributed by atoms with E-state index in [9.17, 15) is 9.59 Å². The summed E-state index contributed by atoms with van der Waals surface area (Å²) in [5, 5.41) is 5.09. The first-order valence-electron chi connectivity index (χ1n) is 5.51. The summed E-state index contributed by atoms with van der Waals surface area (Å²) in [6, 6.07) is 5.82. The van der Waals surface area contributed by atoms with Gasteiger partial charge in [-0.1, -0.05) is 6.07 Å². The SMILES string of the molecule is C#CCC(N)C(=O)Nc1cccc(NC(=O)OC)c1. The van der Waals surface area contributed by atoms with Gasteiger partial charge in [0.15, 0.2) is 0 Å². The molecule has 2 amide bonds. The fourth-order valence-corrected chi connectivity index (χ4v) is 1.30. The molecule has 0 aliphatic heterocycles. The van der Waals surface area contributed by atoms with Gasteiger partial charge in [0.05, 0.1) is 13.2 Å². The fraction of sp³-hybridized carbons (Fsp3) is 0.231. The van der Waals surface area contributed by atoms with Crippen LogP contribution in [0.5, 0.6) is 0 Å². The van der Waals surface area contributed by atoms with Crippen molar-refractivity contribution in [2.75, 3.05) is 17.7 Å². The first kappa shape index (κ1) is 14.5. The smallest absolute Gasteiger partial charge is 0.411 e. The Bertz CT molecular complexity index is 508. The van der Waals surface area contributed by atoms with Gasteiger partial charge in [0.25, 0.3) is 0 Å². The van der Waals surface area contributed by atoms with E-state index >= 15 is 0 Å². The molecule has 0 aromatic heterocycles. The van der Waals surface area contributed by atoms with Gasteiger partial charge in [0.1, 0.15) is 0 Å².